The van der Waals surface area contributed by atoms with E-state index in [1.165, 1.54) is 0 Å². The van der Waals surface area contributed by atoms with Gasteiger partial charge in [0.05, 0.1) is 6.20 Å². The fourth-order valence-corrected chi connectivity index (χ4v) is 0.882. The molecule has 5 heteroatoms. The molecule has 60 valence electrons. The lowest BCUT2D eigenvalue weighted by atomic mass is 10.3. The van der Waals surface area contributed by atoms with Crippen LogP contribution in [0.1, 0.15) is 5.69 Å². The van der Waals surface area contributed by atoms with Gasteiger partial charge in [0, 0.05) is 17.7 Å². The van der Waals surface area contributed by atoms with Crippen molar-refractivity contribution in [2.75, 3.05) is 0 Å². The molecule has 2 aromatic heterocycles. The van der Waals surface area contributed by atoms with E-state index >= 15 is 0 Å². The highest BCUT2D eigenvalue weighted by molar-refractivity contribution is 5.51. The zero-order valence-corrected chi connectivity index (χ0v) is 6.43. The van der Waals surface area contributed by atoms with Gasteiger partial charge in [-0.15, -0.1) is 5.10 Å². The summed E-state index contributed by atoms with van der Waals surface area (Å²) in [6.45, 7) is 1.81. The van der Waals surface area contributed by atoms with Crippen LogP contribution in [0.3, 0.4) is 0 Å². The third-order valence-corrected chi connectivity index (χ3v) is 1.45. The largest absolute Gasteiger partial charge is 0.335 e. The molecule has 2 aromatic rings. The summed E-state index contributed by atoms with van der Waals surface area (Å²) in [5.41, 5.74) is 1.37. The number of nitrogens with zero attached hydrogens (tertiary/aromatic N) is 4. The van der Waals surface area contributed by atoms with Gasteiger partial charge in [0.1, 0.15) is 11.4 Å². The van der Waals surface area contributed by atoms with Gasteiger partial charge in [-0.1, -0.05) is 0 Å². The Morgan fingerprint density at radius 1 is 1.33 bits per heavy atom. The maximum atomic E-state index is 4.89. The monoisotopic (exact) mass is 162 g/mol. The van der Waals surface area contributed by atoms with Gasteiger partial charge >= 0.3 is 0 Å². The number of aryl methyl sites for hydroxylation is 1. The molecule has 0 saturated heterocycles. The molecule has 2 heterocycles. The molecule has 0 unspecified atom stereocenters. The standard InChI is InChI=1S/C7H6N4O/c1-5-7(12-11-10-5)6-4-8-2-3-9-6/h2-4H,1H3. The quantitative estimate of drug-likeness (QED) is 0.621. The third-order valence-electron chi connectivity index (χ3n) is 1.45. The van der Waals surface area contributed by atoms with Gasteiger partial charge in [0.25, 0.3) is 0 Å². The van der Waals surface area contributed by atoms with Crippen molar-refractivity contribution in [2.45, 2.75) is 6.92 Å². The van der Waals surface area contributed by atoms with Crippen LogP contribution in [0.2, 0.25) is 0 Å². The van der Waals surface area contributed by atoms with E-state index in [9.17, 15) is 0 Å². The van der Waals surface area contributed by atoms with Crippen LogP contribution in [0.15, 0.2) is 23.1 Å². The summed E-state index contributed by atoms with van der Waals surface area (Å²) < 4.78 is 4.89. The molecule has 0 amide bonds. The molecule has 0 fully saturated rings. The van der Waals surface area contributed by atoms with Gasteiger partial charge in [-0.05, 0) is 6.92 Å². The van der Waals surface area contributed by atoms with Crippen molar-refractivity contribution < 1.29 is 4.52 Å². The Bertz CT molecular complexity index is 370. The topological polar surface area (TPSA) is 64.7 Å². The molecule has 12 heavy (non-hydrogen) atoms. The Balaban J connectivity index is 2.51. The van der Waals surface area contributed by atoms with Crippen molar-refractivity contribution in [3.63, 3.8) is 0 Å². The first-order chi connectivity index (χ1) is 5.88. The maximum absolute atomic E-state index is 4.89. The predicted octanol–water partition coefficient (Wildman–Crippen LogP) is 0.835. The number of hydrogen-bond acceptors (Lipinski definition) is 5. The van der Waals surface area contributed by atoms with Crippen molar-refractivity contribution in [3.8, 4) is 11.5 Å². The van der Waals surface area contributed by atoms with Crippen LogP contribution in [0.25, 0.3) is 11.5 Å². The van der Waals surface area contributed by atoms with E-state index in [2.05, 4.69) is 20.3 Å². The summed E-state index contributed by atoms with van der Waals surface area (Å²) in [6, 6.07) is 0. The maximum Gasteiger partial charge on any atom is 0.210 e. The molecule has 0 atom stereocenters. The molecule has 0 bridgehead atoms. The van der Waals surface area contributed by atoms with E-state index in [1.807, 2.05) is 0 Å². The van der Waals surface area contributed by atoms with Gasteiger partial charge < -0.3 is 4.52 Å². The normalized spacial score (nSPS) is 10.1. The number of hydrogen-bond donors (Lipinski definition) is 0. The van der Waals surface area contributed by atoms with E-state index < -0.39 is 0 Å². The summed E-state index contributed by atoms with van der Waals surface area (Å²) in [4.78, 5) is 7.95. The lowest BCUT2D eigenvalue weighted by Crippen LogP contribution is -1.84. The third kappa shape index (κ3) is 1.05. The first-order valence-electron chi connectivity index (χ1n) is 3.43. The first kappa shape index (κ1) is 6.90. The van der Waals surface area contributed by atoms with Crippen LogP contribution >= 0.6 is 0 Å². The highest BCUT2D eigenvalue weighted by Crippen LogP contribution is 2.16. The van der Waals surface area contributed by atoms with Crippen molar-refractivity contribution >= 4 is 0 Å². The molecule has 5 nitrogen and oxygen atoms in total. The highest BCUT2D eigenvalue weighted by atomic mass is 16.5. The second-order valence-corrected chi connectivity index (χ2v) is 2.28. The molecule has 0 radical (unpaired) electrons. The van der Waals surface area contributed by atoms with Gasteiger partial charge in [-0.25, -0.2) is 4.98 Å². The van der Waals surface area contributed by atoms with E-state index in [4.69, 9.17) is 4.52 Å². The minimum Gasteiger partial charge on any atom is -0.335 e. The van der Waals surface area contributed by atoms with Crippen LogP contribution in [0.4, 0.5) is 0 Å². The minimum atomic E-state index is 0.572. The van der Waals surface area contributed by atoms with Crippen LogP contribution in [0.5, 0.6) is 0 Å². The van der Waals surface area contributed by atoms with Crippen LogP contribution in [-0.2, 0) is 0 Å². The molecule has 0 N–H and O–H groups in total. The highest BCUT2D eigenvalue weighted by Gasteiger charge is 2.08. The summed E-state index contributed by atoms with van der Waals surface area (Å²) in [6.07, 6.45) is 4.80. The van der Waals surface area contributed by atoms with Crippen LogP contribution in [0, 0.1) is 6.92 Å². The molecule has 0 aliphatic rings. The second-order valence-electron chi connectivity index (χ2n) is 2.28. The van der Waals surface area contributed by atoms with Crippen LogP contribution in [-0.4, -0.2) is 20.3 Å². The lowest BCUT2D eigenvalue weighted by molar-refractivity contribution is 0.402. The lowest BCUT2D eigenvalue weighted by Gasteiger charge is -1.91. The van der Waals surface area contributed by atoms with Crippen molar-refractivity contribution in [3.05, 3.63) is 24.3 Å². The Hall–Kier alpha value is -1.78. The minimum absolute atomic E-state index is 0.572. The molecule has 0 aliphatic heterocycles. The zero-order chi connectivity index (χ0) is 8.39. The van der Waals surface area contributed by atoms with Crippen molar-refractivity contribution in [1.82, 2.24) is 20.3 Å². The summed E-state index contributed by atoms with van der Waals surface area (Å²) >= 11 is 0. The Morgan fingerprint density at radius 2 is 2.25 bits per heavy atom. The van der Waals surface area contributed by atoms with E-state index in [0.29, 0.717) is 11.5 Å². The molecular weight excluding hydrogens is 156 g/mol. The molecule has 0 saturated carbocycles. The van der Waals surface area contributed by atoms with E-state index in [-0.39, 0.29) is 0 Å². The number of rotatable bonds is 1. The molecule has 0 spiro atoms. The summed E-state index contributed by atoms with van der Waals surface area (Å²) in [5, 5.41) is 7.11. The predicted molar refractivity (Wildman–Crippen MR) is 40.1 cm³/mol. The first-order valence-corrected chi connectivity index (χ1v) is 3.43. The molecular formula is C7H6N4O. The second kappa shape index (κ2) is 2.69. The van der Waals surface area contributed by atoms with Gasteiger partial charge in [0.15, 0.2) is 0 Å². The Labute approximate surface area is 68.4 Å². The Kier molecular flexibility index (Phi) is 1.55. The average molecular weight is 162 g/mol. The fourth-order valence-electron chi connectivity index (χ4n) is 0.882. The zero-order valence-electron chi connectivity index (χ0n) is 6.43. The SMILES string of the molecule is Cc1nnoc1-c1cnccn1. The fraction of sp³-hybridized carbons (Fsp3) is 0.143. The van der Waals surface area contributed by atoms with Crippen LogP contribution < -0.4 is 0 Å². The molecule has 0 aliphatic carbocycles. The Morgan fingerprint density at radius 3 is 2.83 bits per heavy atom. The average Bonchev–Trinajstić information content (AvgIpc) is 2.53. The van der Waals surface area contributed by atoms with Crippen molar-refractivity contribution in [2.24, 2.45) is 0 Å². The van der Waals surface area contributed by atoms with E-state index in [0.717, 1.165) is 5.69 Å². The smallest absolute Gasteiger partial charge is 0.210 e. The van der Waals surface area contributed by atoms with E-state index in [1.54, 1.807) is 25.5 Å². The van der Waals surface area contributed by atoms with Gasteiger partial charge in [-0.2, -0.15) is 0 Å². The van der Waals surface area contributed by atoms with Gasteiger partial charge in [0.2, 0.25) is 5.76 Å². The van der Waals surface area contributed by atoms with Gasteiger partial charge in [-0.3, -0.25) is 4.98 Å². The van der Waals surface area contributed by atoms with Crippen molar-refractivity contribution in [1.29, 1.82) is 0 Å². The summed E-state index contributed by atoms with van der Waals surface area (Å²) in [7, 11) is 0. The summed E-state index contributed by atoms with van der Waals surface area (Å²) in [5.74, 6) is 0.572. The number of aromatic nitrogens is 4. The molecule has 0 aromatic carbocycles. The molecule has 2 rings (SSSR count).